The quantitative estimate of drug-likeness (QED) is 0.864. The van der Waals surface area contributed by atoms with Gasteiger partial charge in [0.05, 0.1) is 12.6 Å². The van der Waals surface area contributed by atoms with Crippen LogP contribution in [0.3, 0.4) is 0 Å². The van der Waals surface area contributed by atoms with Crippen LogP contribution in [-0.2, 0) is 16.2 Å². The van der Waals surface area contributed by atoms with Gasteiger partial charge in [-0.3, -0.25) is 9.63 Å². The van der Waals surface area contributed by atoms with Crippen LogP contribution in [0.25, 0.3) is 0 Å². The summed E-state index contributed by atoms with van der Waals surface area (Å²) in [6.45, 7) is 1.01. The fourth-order valence-electron chi connectivity index (χ4n) is 1.53. The molecule has 1 saturated heterocycles. The van der Waals surface area contributed by atoms with Gasteiger partial charge in [-0.25, -0.2) is 5.06 Å². The van der Waals surface area contributed by atoms with E-state index in [-0.39, 0.29) is 24.4 Å². The molecular weight excluding hydrogens is 228 g/mol. The van der Waals surface area contributed by atoms with Gasteiger partial charge in [0.15, 0.2) is 0 Å². The third-order valence-corrected chi connectivity index (χ3v) is 2.44. The van der Waals surface area contributed by atoms with Crippen LogP contribution in [0.2, 0.25) is 0 Å². The molecular formula is C11H15ClN2O2. The van der Waals surface area contributed by atoms with E-state index in [1.54, 1.807) is 0 Å². The maximum Gasteiger partial charge on any atom is 0.263 e. The van der Waals surface area contributed by atoms with E-state index in [9.17, 15) is 4.79 Å². The number of hydrogen-bond acceptors (Lipinski definition) is 3. The Bertz CT molecular complexity index is 345. The lowest BCUT2D eigenvalue weighted by molar-refractivity contribution is -0.182. The highest BCUT2D eigenvalue weighted by Gasteiger charge is 2.29. The molecule has 1 aromatic carbocycles. The molecule has 0 aromatic heterocycles. The van der Waals surface area contributed by atoms with E-state index >= 15 is 0 Å². The molecule has 2 rings (SSSR count). The molecule has 0 aliphatic carbocycles. The van der Waals surface area contributed by atoms with Crippen molar-refractivity contribution in [1.82, 2.24) is 5.06 Å². The van der Waals surface area contributed by atoms with Gasteiger partial charge in [0.25, 0.3) is 5.91 Å². The molecule has 1 fully saturated rings. The standard InChI is InChI=1S/C11H14N2O2.ClH/c12-10-6-7-13(11(10)14)15-8-9-4-2-1-3-5-9;/h1-5,10H,6-8,12H2;1H/t10-;/m1./s1. The molecule has 1 amide bonds. The number of amides is 1. The number of hydroxylamine groups is 2. The molecule has 4 nitrogen and oxygen atoms in total. The SMILES string of the molecule is Cl.N[C@@H]1CCN(OCc2ccccc2)C1=O. The Labute approximate surface area is 101 Å². The van der Waals surface area contributed by atoms with E-state index in [4.69, 9.17) is 10.6 Å². The van der Waals surface area contributed by atoms with E-state index in [2.05, 4.69) is 0 Å². The number of hydrogen-bond donors (Lipinski definition) is 1. The van der Waals surface area contributed by atoms with Crippen molar-refractivity contribution < 1.29 is 9.63 Å². The molecule has 1 heterocycles. The van der Waals surface area contributed by atoms with E-state index in [1.165, 1.54) is 5.06 Å². The largest absolute Gasteiger partial charge is 0.320 e. The van der Waals surface area contributed by atoms with Crippen LogP contribution in [-0.4, -0.2) is 23.6 Å². The Morgan fingerprint density at radius 3 is 2.62 bits per heavy atom. The van der Waals surface area contributed by atoms with Crippen LogP contribution in [0.15, 0.2) is 30.3 Å². The Morgan fingerprint density at radius 2 is 2.06 bits per heavy atom. The van der Waals surface area contributed by atoms with Gasteiger partial charge in [0.1, 0.15) is 6.61 Å². The number of nitrogens with zero attached hydrogens (tertiary/aromatic N) is 1. The molecule has 5 heteroatoms. The minimum absolute atomic E-state index is 0. The summed E-state index contributed by atoms with van der Waals surface area (Å²) in [7, 11) is 0. The molecule has 2 N–H and O–H groups in total. The first-order valence-corrected chi connectivity index (χ1v) is 5.01. The van der Waals surface area contributed by atoms with Crippen molar-refractivity contribution in [2.45, 2.75) is 19.1 Å². The second-order valence-electron chi connectivity index (χ2n) is 3.59. The molecule has 16 heavy (non-hydrogen) atoms. The lowest BCUT2D eigenvalue weighted by Crippen LogP contribution is -2.33. The lowest BCUT2D eigenvalue weighted by atomic mass is 10.2. The summed E-state index contributed by atoms with van der Waals surface area (Å²) in [6.07, 6.45) is 0.674. The van der Waals surface area contributed by atoms with Crippen molar-refractivity contribution in [1.29, 1.82) is 0 Å². The Hall–Kier alpha value is -1.10. The zero-order valence-electron chi connectivity index (χ0n) is 8.83. The smallest absolute Gasteiger partial charge is 0.263 e. The average Bonchev–Trinajstić information content (AvgIpc) is 2.59. The van der Waals surface area contributed by atoms with E-state index in [0.29, 0.717) is 19.6 Å². The first-order chi connectivity index (χ1) is 7.27. The van der Waals surface area contributed by atoms with Gasteiger partial charge in [-0.2, -0.15) is 0 Å². The van der Waals surface area contributed by atoms with Crippen LogP contribution in [0, 0.1) is 0 Å². The summed E-state index contributed by atoms with van der Waals surface area (Å²) in [5, 5.41) is 1.36. The third kappa shape index (κ3) is 2.95. The second-order valence-corrected chi connectivity index (χ2v) is 3.59. The predicted octanol–water partition coefficient (Wildman–Crippen LogP) is 1.10. The summed E-state index contributed by atoms with van der Waals surface area (Å²) in [5.41, 5.74) is 6.61. The highest BCUT2D eigenvalue weighted by Crippen LogP contribution is 2.11. The summed E-state index contributed by atoms with van der Waals surface area (Å²) in [5.74, 6) is -0.120. The van der Waals surface area contributed by atoms with Crippen molar-refractivity contribution in [3.63, 3.8) is 0 Å². The Balaban J connectivity index is 0.00000128. The summed E-state index contributed by atoms with van der Waals surface area (Å²) >= 11 is 0. The van der Waals surface area contributed by atoms with Crippen LogP contribution in [0.1, 0.15) is 12.0 Å². The van der Waals surface area contributed by atoms with Crippen LogP contribution in [0.4, 0.5) is 0 Å². The maximum absolute atomic E-state index is 11.4. The molecule has 1 aliphatic heterocycles. The van der Waals surface area contributed by atoms with Gasteiger partial charge in [-0.15, -0.1) is 12.4 Å². The number of benzene rings is 1. The zero-order valence-corrected chi connectivity index (χ0v) is 9.65. The number of halogens is 1. The number of rotatable bonds is 3. The van der Waals surface area contributed by atoms with Gasteiger partial charge in [0.2, 0.25) is 0 Å². The first kappa shape index (κ1) is 13.0. The lowest BCUT2D eigenvalue weighted by Gasteiger charge is -2.15. The number of carbonyl (C=O) groups excluding carboxylic acids is 1. The van der Waals surface area contributed by atoms with Gasteiger partial charge < -0.3 is 5.73 Å². The van der Waals surface area contributed by atoms with Crippen LogP contribution >= 0.6 is 12.4 Å². The average molecular weight is 243 g/mol. The van der Waals surface area contributed by atoms with Gasteiger partial charge in [0, 0.05) is 0 Å². The minimum Gasteiger partial charge on any atom is -0.320 e. The number of carbonyl (C=O) groups is 1. The van der Waals surface area contributed by atoms with E-state index in [0.717, 1.165) is 5.56 Å². The topological polar surface area (TPSA) is 55.6 Å². The van der Waals surface area contributed by atoms with Crippen molar-refractivity contribution in [2.75, 3.05) is 6.54 Å². The summed E-state index contributed by atoms with van der Waals surface area (Å²) in [4.78, 5) is 16.8. The van der Waals surface area contributed by atoms with Gasteiger partial charge in [-0.05, 0) is 12.0 Å². The molecule has 0 radical (unpaired) electrons. The zero-order chi connectivity index (χ0) is 10.7. The molecule has 0 spiro atoms. The molecule has 0 unspecified atom stereocenters. The maximum atomic E-state index is 11.4. The molecule has 1 aliphatic rings. The third-order valence-electron chi connectivity index (χ3n) is 2.44. The van der Waals surface area contributed by atoms with Crippen molar-refractivity contribution in [3.8, 4) is 0 Å². The second kappa shape index (κ2) is 5.84. The highest BCUT2D eigenvalue weighted by atomic mass is 35.5. The monoisotopic (exact) mass is 242 g/mol. The van der Waals surface area contributed by atoms with Crippen LogP contribution < -0.4 is 5.73 Å². The summed E-state index contributed by atoms with van der Waals surface area (Å²) in [6, 6.07) is 9.36. The molecule has 1 aromatic rings. The first-order valence-electron chi connectivity index (χ1n) is 5.01. The van der Waals surface area contributed by atoms with Gasteiger partial charge in [-0.1, -0.05) is 30.3 Å². The Morgan fingerprint density at radius 1 is 1.38 bits per heavy atom. The van der Waals surface area contributed by atoms with Crippen molar-refractivity contribution in [3.05, 3.63) is 35.9 Å². The highest BCUT2D eigenvalue weighted by molar-refractivity contribution is 5.85. The molecule has 0 saturated carbocycles. The number of nitrogens with two attached hydrogens (primary N) is 1. The predicted molar refractivity (Wildman–Crippen MR) is 62.8 cm³/mol. The van der Waals surface area contributed by atoms with E-state index in [1.807, 2.05) is 30.3 Å². The molecule has 1 atom stereocenters. The minimum atomic E-state index is -0.388. The van der Waals surface area contributed by atoms with Crippen molar-refractivity contribution >= 4 is 18.3 Å². The van der Waals surface area contributed by atoms with E-state index < -0.39 is 0 Å². The Kier molecular flexibility index (Phi) is 4.73. The fraction of sp³-hybridized carbons (Fsp3) is 0.364. The fourth-order valence-corrected chi connectivity index (χ4v) is 1.53. The van der Waals surface area contributed by atoms with Gasteiger partial charge >= 0.3 is 0 Å². The van der Waals surface area contributed by atoms with Crippen molar-refractivity contribution in [2.24, 2.45) is 5.73 Å². The molecule has 88 valence electrons. The normalized spacial score (nSPS) is 19.7. The summed E-state index contributed by atoms with van der Waals surface area (Å²) < 4.78 is 0. The van der Waals surface area contributed by atoms with Crippen LogP contribution in [0.5, 0.6) is 0 Å². The molecule has 0 bridgehead atoms.